The van der Waals surface area contributed by atoms with Crippen molar-refractivity contribution in [3.63, 3.8) is 0 Å². The first-order valence-corrected chi connectivity index (χ1v) is 12.9. The minimum Gasteiger partial charge on any atom is -0.457 e. The monoisotopic (exact) mass is 460 g/mol. The van der Waals surface area contributed by atoms with Gasteiger partial charge in [0, 0.05) is 6.42 Å². The van der Waals surface area contributed by atoms with Crippen LogP contribution in [0.15, 0.2) is 0 Å². The van der Waals surface area contributed by atoms with Crippen molar-refractivity contribution in [1.82, 2.24) is 0 Å². The molecule has 2 saturated heterocycles. The Morgan fingerprint density at radius 1 is 0.875 bits per heavy atom. The number of rotatable bonds is 17. The lowest BCUT2D eigenvalue weighted by Crippen LogP contribution is -2.43. The van der Waals surface area contributed by atoms with Crippen LogP contribution in [0.2, 0.25) is 0 Å². The highest BCUT2D eigenvalue weighted by atomic mass is 16.6. The number of epoxide rings is 1. The molecule has 0 radical (unpaired) electrons. The van der Waals surface area contributed by atoms with E-state index in [1.165, 1.54) is 64.2 Å². The fourth-order valence-corrected chi connectivity index (χ4v) is 3.77. The van der Waals surface area contributed by atoms with E-state index < -0.39 is 31.0 Å². The Hall–Kier alpha value is -0.730. The molecule has 0 spiro atoms. The summed E-state index contributed by atoms with van der Waals surface area (Å²) in [7, 11) is 0. The fraction of sp³-hybridized carbons (Fsp3) is 0.960. The average molecular weight is 461 g/mol. The first kappa shape index (κ1) is 29.3. The second-order valence-corrected chi connectivity index (χ2v) is 9.20. The number of hydrogen-bond donors (Lipinski definition) is 3. The van der Waals surface area contributed by atoms with Crippen molar-refractivity contribution in [2.75, 3.05) is 19.8 Å². The van der Waals surface area contributed by atoms with Gasteiger partial charge in [-0.05, 0) is 13.3 Å². The third-order valence-electron chi connectivity index (χ3n) is 6.00. The smallest absolute Gasteiger partial charge is 0.306 e. The van der Waals surface area contributed by atoms with Crippen molar-refractivity contribution in [3.8, 4) is 0 Å². The summed E-state index contributed by atoms with van der Waals surface area (Å²) in [5.74, 6) is -0.390. The molecule has 2 aliphatic rings. The van der Waals surface area contributed by atoms with Crippen molar-refractivity contribution in [1.29, 1.82) is 0 Å². The van der Waals surface area contributed by atoms with Crippen LogP contribution in [-0.4, -0.2) is 71.6 Å². The number of unbranched alkanes of at least 4 members (excludes halogenated alkanes) is 12. The summed E-state index contributed by atoms with van der Waals surface area (Å²) in [4.78, 5) is 11.9. The van der Waals surface area contributed by atoms with Crippen molar-refractivity contribution >= 4 is 5.97 Å². The normalized spacial score (nSPS) is 25.2. The zero-order chi connectivity index (χ0) is 23.6. The number of carbonyl (C=O) groups is 1. The SMILES string of the molecule is CC1CO1.CCCCCCCCCCCCCCCC(=O)O[C@H](CO)[C@H]1OC[C@H](O)[C@H]1O. The third-order valence-corrected chi connectivity index (χ3v) is 6.00. The molecule has 32 heavy (non-hydrogen) atoms. The Kier molecular flexibility index (Phi) is 17.1. The van der Waals surface area contributed by atoms with Gasteiger partial charge in [-0.3, -0.25) is 4.79 Å². The zero-order valence-electron chi connectivity index (χ0n) is 20.4. The Labute approximate surface area is 194 Å². The molecular weight excluding hydrogens is 412 g/mol. The first-order valence-electron chi connectivity index (χ1n) is 12.9. The van der Waals surface area contributed by atoms with Crippen LogP contribution in [0.1, 0.15) is 104 Å². The second-order valence-electron chi connectivity index (χ2n) is 9.20. The summed E-state index contributed by atoms with van der Waals surface area (Å²) in [6, 6.07) is 0. The van der Waals surface area contributed by atoms with E-state index in [-0.39, 0.29) is 12.6 Å². The molecule has 5 atom stereocenters. The third kappa shape index (κ3) is 14.4. The van der Waals surface area contributed by atoms with Gasteiger partial charge in [-0.1, -0.05) is 84.0 Å². The van der Waals surface area contributed by atoms with Crippen LogP contribution >= 0.6 is 0 Å². The number of aliphatic hydroxyl groups excluding tert-OH is 3. The van der Waals surface area contributed by atoms with E-state index in [9.17, 15) is 20.1 Å². The Balaban J connectivity index is 0.00000114. The van der Waals surface area contributed by atoms with Crippen LogP contribution in [0.3, 0.4) is 0 Å². The summed E-state index contributed by atoms with van der Waals surface area (Å²) in [5, 5.41) is 28.7. The number of hydrogen-bond acceptors (Lipinski definition) is 7. The molecule has 2 aliphatic heterocycles. The number of aliphatic hydroxyl groups is 3. The van der Waals surface area contributed by atoms with Gasteiger partial charge in [-0.2, -0.15) is 0 Å². The highest BCUT2D eigenvalue weighted by molar-refractivity contribution is 5.69. The predicted octanol–water partition coefficient (Wildman–Crippen LogP) is 3.90. The van der Waals surface area contributed by atoms with Crippen LogP contribution in [-0.2, 0) is 19.0 Å². The number of carbonyl (C=O) groups excluding carboxylic acids is 1. The van der Waals surface area contributed by atoms with E-state index in [1.54, 1.807) is 0 Å². The average Bonchev–Trinajstić information content (AvgIpc) is 3.50. The molecule has 0 saturated carbocycles. The van der Waals surface area contributed by atoms with E-state index in [0.29, 0.717) is 12.5 Å². The minimum absolute atomic E-state index is 0.0151. The highest BCUT2D eigenvalue weighted by Crippen LogP contribution is 2.20. The lowest BCUT2D eigenvalue weighted by molar-refractivity contribution is -0.162. The van der Waals surface area contributed by atoms with Gasteiger partial charge in [0.05, 0.1) is 25.9 Å². The molecule has 0 bridgehead atoms. The van der Waals surface area contributed by atoms with Gasteiger partial charge in [0.2, 0.25) is 0 Å². The minimum atomic E-state index is -1.14. The molecule has 2 heterocycles. The second kappa shape index (κ2) is 18.7. The maximum absolute atomic E-state index is 11.9. The lowest BCUT2D eigenvalue weighted by atomic mass is 10.0. The van der Waals surface area contributed by atoms with E-state index in [4.69, 9.17) is 14.2 Å². The van der Waals surface area contributed by atoms with E-state index in [1.807, 2.05) is 0 Å². The Bertz CT molecular complexity index is 456. The van der Waals surface area contributed by atoms with Crippen molar-refractivity contribution in [3.05, 3.63) is 0 Å². The largest absolute Gasteiger partial charge is 0.457 e. The first-order chi connectivity index (χ1) is 15.5. The van der Waals surface area contributed by atoms with Crippen LogP contribution in [0.4, 0.5) is 0 Å². The fourth-order valence-electron chi connectivity index (χ4n) is 3.77. The lowest BCUT2D eigenvalue weighted by Gasteiger charge is -2.24. The van der Waals surface area contributed by atoms with E-state index in [0.717, 1.165) is 25.9 Å². The number of esters is 1. The van der Waals surface area contributed by atoms with Crippen molar-refractivity contribution in [2.24, 2.45) is 0 Å². The molecule has 190 valence electrons. The molecule has 7 nitrogen and oxygen atoms in total. The summed E-state index contributed by atoms with van der Waals surface area (Å²) in [5.41, 5.74) is 0. The molecule has 1 unspecified atom stereocenters. The summed E-state index contributed by atoms with van der Waals surface area (Å²) < 4.78 is 15.1. The summed E-state index contributed by atoms with van der Waals surface area (Å²) >= 11 is 0. The van der Waals surface area contributed by atoms with Crippen LogP contribution in [0.5, 0.6) is 0 Å². The molecule has 3 N–H and O–H groups in total. The maximum atomic E-state index is 11.9. The van der Waals surface area contributed by atoms with E-state index >= 15 is 0 Å². The predicted molar refractivity (Wildman–Crippen MR) is 124 cm³/mol. The van der Waals surface area contributed by atoms with Gasteiger partial charge >= 0.3 is 5.97 Å². The molecule has 2 fully saturated rings. The van der Waals surface area contributed by atoms with Crippen LogP contribution < -0.4 is 0 Å². The van der Waals surface area contributed by atoms with Crippen molar-refractivity contribution in [2.45, 2.75) is 134 Å². The standard InChI is InChI=1S/C22H42O6.C3H6O/c1-2-3-4-5-6-7-8-9-10-11-12-13-14-15-20(25)28-19(16-23)22-21(26)18(24)17-27-22;1-3-2-4-3/h18-19,21-24,26H,2-17H2,1H3;3H,2H2,1H3/t18-,19+,21+,22+;/m0./s1. The molecule has 2 rings (SSSR count). The van der Waals surface area contributed by atoms with Gasteiger partial charge < -0.3 is 29.5 Å². The number of ether oxygens (including phenoxy) is 3. The van der Waals surface area contributed by atoms with Crippen LogP contribution in [0.25, 0.3) is 0 Å². The van der Waals surface area contributed by atoms with Gasteiger partial charge in [-0.25, -0.2) is 0 Å². The van der Waals surface area contributed by atoms with Gasteiger partial charge in [0.1, 0.15) is 18.3 Å². The zero-order valence-corrected chi connectivity index (χ0v) is 20.4. The maximum Gasteiger partial charge on any atom is 0.306 e. The Morgan fingerprint density at radius 3 is 1.72 bits per heavy atom. The molecule has 0 aromatic heterocycles. The van der Waals surface area contributed by atoms with Crippen molar-refractivity contribution < 1.29 is 34.3 Å². The molecule has 0 aromatic rings. The Morgan fingerprint density at radius 2 is 1.34 bits per heavy atom. The summed E-state index contributed by atoms with van der Waals surface area (Å²) in [6.45, 7) is 4.84. The summed E-state index contributed by atoms with van der Waals surface area (Å²) in [6.07, 6.45) is 13.2. The molecule has 7 heteroatoms. The van der Waals surface area contributed by atoms with E-state index in [2.05, 4.69) is 13.8 Å². The quantitative estimate of drug-likeness (QED) is 0.172. The molecular formula is C25H48O7. The molecule has 0 amide bonds. The van der Waals surface area contributed by atoms with Gasteiger partial charge in [0.15, 0.2) is 6.10 Å². The topological polar surface area (TPSA) is 109 Å². The molecule has 0 aromatic carbocycles. The van der Waals surface area contributed by atoms with Gasteiger partial charge in [-0.15, -0.1) is 0 Å². The van der Waals surface area contributed by atoms with Gasteiger partial charge in [0.25, 0.3) is 0 Å². The van der Waals surface area contributed by atoms with Crippen LogP contribution in [0, 0.1) is 0 Å². The highest BCUT2D eigenvalue weighted by Gasteiger charge is 2.41. The molecule has 0 aliphatic carbocycles.